The van der Waals surface area contributed by atoms with Gasteiger partial charge in [0.05, 0.1) is 16.2 Å². The number of fused-ring (bicyclic) bond motifs is 1. The fourth-order valence-corrected chi connectivity index (χ4v) is 3.42. The lowest BCUT2D eigenvalue weighted by molar-refractivity contribution is -0.122. The van der Waals surface area contributed by atoms with E-state index in [1.165, 1.54) is 27.8 Å². The first-order valence-corrected chi connectivity index (χ1v) is 10.2. The van der Waals surface area contributed by atoms with Crippen molar-refractivity contribution in [3.05, 3.63) is 65.1 Å². The van der Waals surface area contributed by atoms with E-state index < -0.39 is 23.8 Å². The lowest BCUT2D eigenvalue weighted by Crippen LogP contribution is -2.46. The molecule has 168 valence electrons. The number of amides is 4. The average molecular weight is 460 g/mol. The number of urea groups is 1. The molecule has 3 rings (SSSR count). The fourth-order valence-electron chi connectivity index (χ4n) is 3.23. The third kappa shape index (κ3) is 5.00. The predicted molar refractivity (Wildman–Crippen MR) is 121 cm³/mol. The molecular weight excluding hydrogens is 437 g/mol. The van der Waals surface area contributed by atoms with Crippen molar-refractivity contribution < 1.29 is 18.8 Å². The van der Waals surface area contributed by atoms with Gasteiger partial charge in [-0.3, -0.25) is 9.36 Å². The zero-order chi connectivity index (χ0) is 23.4. The van der Waals surface area contributed by atoms with Crippen LogP contribution >= 0.6 is 11.6 Å². The molecule has 0 fully saturated rings. The minimum atomic E-state index is -0.685. The number of para-hydroxylation sites is 1. The highest BCUT2D eigenvalue weighted by Crippen LogP contribution is 2.26. The Kier molecular flexibility index (Phi) is 6.99. The van der Waals surface area contributed by atoms with Crippen LogP contribution in [0.1, 0.15) is 19.4 Å². The van der Waals surface area contributed by atoms with E-state index in [-0.39, 0.29) is 29.7 Å². The van der Waals surface area contributed by atoms with Gasteiger partial charge in [-0.05, 0) is 26.0 Å². The van der Waals surface area contributed by atoms with Gasteiger partial charge in [0, 0.05) is 29.7 Å². The molecule has 0 aliphatic rings. The average Bonchev–Trinajstić information content (AvgIpc) is 3.11. The number of rotatable bonds is 6. The molecule has 4 N–H and O–H groups in total. The van der Waals surface area contributed by atoms with Gasteiger partial charge in [-0.1, -0.05) is 41.9 Å². The van der Waals surface area contributed by atoms with E-state index in [1.807, 2.05) is 0 Å². The van der Waals surface area contributed by atoms with Crippen LogP contribution in [0.3, 0.4) is 0 Å². The molecule has 3 aromatic rings. The van der Waals surface area contributed by atoms with Gasteiger partial charge < -0.3 is 21.3 Å². The van der Waals surface area contributed by atoms with Crippen molar-refractivity contribution in [2.24, 2.45) is 5.73 Å². The van der Waals surface area contributed by atoms with E-state index in [2.05, 4.69) is 10.6 Å². The highest BCUT2D eigenvalue weighted by molar-refractivity contribution is 6.30. The first-order chi connectivity index (χ1) is 15.2. The summed E-state index contributed by atoms with van der Waals surface area (Å²) < 4.78 is 15.2. The number of benzene rings is 2. The molecule has 0 saturated carbocycles. The fraction of sp³-hybridized carbons (Fsp3) is 0.227. The summed E-state index contributed by atoms with van der Waals surface area (Å²) in [5, 5.41) is 5.93. The van der Waals surface area contributed by atoms with Crippen molar-refractivity contribution in [2.75, 3.05) is 11.9 Å². The SMILES string of the molecule is CC(C)N(CC(=O)NCc1cccc(Cl)c1F)C(=O)Nc1cn(C(N)=O)c2ccccc12. The second-order valence-electron chi connectivity index (χ2n) is 7.41. The molecule has 8 nitrogen and oxygen atoms in total. The van der Waals surface area contributed by atoms with Crippen molar-refractivity contribution in [2.45, 2.75) is 26.4 Å². The molecule has 10 heteroatoms. The molecule has 0 spiro atoms. The number of nitrogens with one attached hydrogen (secondary N) is 2. The van der Waals surface area contributed by atoms with Crippen molar-refractivity contribution in [3.8, 4) is 0 Å². The number of hydrogen-bond acceptors (Lipinski definition) is 3. The van der Waals surface area contributed by atoms with Crippen LogP contribution in [0.2, 0.25) is 5.02 Å². The van der Waals surface area contributed by atoms with E-state index in [9.17, 15) is 18.8 Å². The molecule has 1 aromatic heterocycles. The summed E-state index contributed by atoms with van der Waals surface area (Å²) in [6.07, 6.45) is 1.44. The molecule has 0 radical (unpaired) electrons. The standard InChI is InChI=1S/C22H23ClFN5O3/c1-13(2)28(12-19(30)26-10-14-6-5-8-16(23)20(14)24)22(32)27-17-11-29(21(25)31)18-9-4-3-7-15(17)18/h3-9,11,13H,10,12H2,1-2H3,(H2,25,31)(H,26,30)(H,27,32). The number of nitrogens with two attached hydrogens (primary N) is 1. The number of anilines is 1. The largest absolute Gasteiger partial charge is 0.351 e. The van der Waals surface area contributed by atoms with Crippen LogP contribution in [0.25, 0.3) is 10.9 Å². The van der Waals surface area contributed by atoms with Gasteiger partial charge in [0.25, 0.3) is 0 Å². The molecule has 0 aliphatic heterocycles. The molecule has 0 unspecified atom stereocenters. The summed E-state index contributed by atoms with van der Waals surface area (Å²) in [6, 6.07) is 9.97. The quantitative estimate of drug-likeness (QED) is 0.519. The van der Waals surface area contributed by atoms with Crippen molar-refractivity contribution in [1.82, 2.24) is 14.8 Å². The summed E-state index contributed by atoms with van der Waals surface area (Å²) in [5.74, 6) is -1.06. The van der Waals surface area contributed by atoms with Gasteiger partial charge in [0.2, 0.25) is 5.91 Å². The highest BCUT2D eigenvalue weighted by Gasteiger charge is 2.22. The van der Waals surface area contributed by atoms with Gasteiger partial charge in [-0.2, -0.15) is 0 Å². The van der Waals surface area contributed by atoms with Gasteiger partial charge in [-0.15, -0.1) is 0 Å². The van der Waals surface area contributed by atoms with Crippen LogP contribution in [0.15, 0.2) is 48.7 Å². The first kappa shape index (κ1) is 23.1. The van der Waals surface area contributed by atoms with Gasteiger partial charge in [-0.25, -0.2) is 14.0 Å². The van der Waals surface area contributed by atoms with Crippen LogP contribution in [0.5, 0.6) is 0 Å². The van der Waals surface area contributed by atoms with Crippen molar-refractivity contribution in [1.29, 1.82) is 0 Å². The Hall–Kier alpha value is -3.59. The number of carbonyl (C=O) groups excluding carboxylic acids is 3. The van der Waals surface area contributed by atoms with Gasteiger partial charge in [0.15, 0.2) is 0 Å². The molecule has 0 atom stereocenters. The first-order valence-electron chi connectivity index (χ1n) is 9.86. The Balaban J connectivity index is 1.71. The Bertz CT molecular complexity index is 1180. The Labute approximate surface area is 189 Å². The number of aromatic nitrogens is 1. The minimum Gasteiger partial charge on any atom is -0.351 e. The maximum atomic E-state index is 14.0. The summed E-state index contributed by atoms with van der Waals surface area (Å²) in [5.41, 5.74) is 6.59. The molecule has 0 saturated heterocycles. The third-order valence-electron chi connectivity index (χ3n) is 4.90. The van der Waals surface area contributed by atoms with E-state index in [0.717, 1.165) is 0 Å². The summed E-state index contributed by atoms with van der Waals surface area (Å²) >= 11 is 5.76. The van der Waals surface area contributed by atoms with Crippen molar-refractivity contribution >= 4 is 46.2 Å². The van der Waals surface area contributed by atoms with Crippen LogP contribution in [-0.2, 0) is 11.3 Å². The Morgan fingerprint density at radius 2 is 1.88 bits per heavy atom. The zero-order valence-corrected chi connectivity index (χ0v) is 18.3. The lowest BCUT2D eigenvalue weighted by Gasteiger charge is -2.26. The van der Waals surface area contributed by atoms with E-state index in [0.29, 0.717) is 16.6 Å². The molecule has 1 heterocycles. The maximum absolute atomic E-state index is 14.0. The molecule has 4 amide bonds. The molecule has 32 heavy (non-hydrogen) atoms. The summed E-state index contributed by atoms with van der Waals surface area (Å²) in [7, 11) is 0. The number of primary amides is 1. The Morgan fingerprint density at radius 3 is 2.56 bits per heavy atom. The predicted octanol–water partition coefficient (Wildman–Crippen LogP) is 3.92. The van der Waals surface area contributed by atoms with Gasteiger partial charge in [0.1, 0.15) is 12.4 Å². The summed E-state index contributed by atoms with van der Waals surface area (Å²) in [6.45, 7) is 3.21. The molecular formula is C22H23ClFN5O3. The van der Waals surface area contributed by atoms with Crippen LogP contribution < -0.4 is 16.4 Å². The number of nitrogens with zero attached hydrogens (tertiary/aromatic N) is 2. The molecule has 0 aliphatic carbocycles. The van der Waals surface area contributed by atoms with E-state index in [1.54, 1.807) is 44.2 Å². The van der Waals surface area contributed by atoms with Gasteiger partial charge >= 0.3 is 12.1 Å². The number of halogens is 2. The Morgan fingerprint density at radius 1 is 1.16 bits per heavy atom. The zero-order valence-electron chi connectivity index (χ0n) is 17.6. The minimum absolute atomic E-state index is 0.0324. The molecule has 0 bridgehead atoms. The number of carbonyl (C=O) groups is 3. The second kappa shape index (κ2) is 9.69. The topological polar surface area (TPSA) is 109 Å². The van der Waals surface area contributed by atoms with E-state index in [4.69, 9.17) is 17.3 Å². The normalized spacial score (nSPS) is 10.9. The number of hydrogen-bond donors (Lipinski definition) is 3. The monoisotopic (exact) mass is 459 g/mol. The smallest absolute Gasteiger partial charge is 0.323 e. The van der Waals surface area contributed by atoms with Crippen molar-refractivity contribution in [3.63, 3.8) is 0 Å². The maximum Gasteiger partial charge on any atom is 0.323 e. The van der Waals surface area contributed by atoms with Crippen LogP contribution in [0, 0.1) is 5.82 Å². The van der Waals surface area contributed by atoms with Crippen LogP contribution in [-0.4, -0.2) is 40.0 Å². The second-order valence-corrected chi connectivity index (χ2v) is 7.82. The van der Waals surface area contributed by atoms with Crippen LogP contribution in [0.4, 0.5) is 19.7 Å². The molecule has 2 aromatic carbocycles. The highest BCUT2D eigenvalue weighted by atomic mass is 35.5. The summed E-state index contributed by atoms with van der Waals surface area (Å²) in [4.78, 5) is 38.4. The third-order valence-corrected chi connectivity index (χ3v) is 5.19. The van der Waals surface area contributed by atoms with E-state index >= 15 is 0 Å². The lowest BCUT2D eigenvalue weighted by atomic mass is 10.2.